The molecule has 0 atom stereocenters. The first-order valence-electron chi connectivity index (χ1n) is 11.1. The van der Waals surface area contributed by atoms with Gasteiger partial charge in [0.25, 0.3) is 5.91 Å². The van der Waals surface area contributed by atoms with Gasteiger partial charge in [-0.25, -0.2) is 0 Å². The van der Waals surface area contributed by atoms with Gasteiger partial charge in [-0.2, -0.15) is 0 Å². The minimum atomic E-state index is -0.422. The molecule has 0 heterocycles. The van der Waals surface area contributed by atoms with Crippen molar-refractivity contribution in [2.45, 2.75) is 65.2 Å². The Bertz CT molecular complexity index is 975. The Kier molecular flexibility index (Phi) is 8.31. The molecule has 2 amide bonds. The Morgan fingerprint density at radius 1 is 0.939 bits per heavy atom. The number of hydrazine groups is 1. The van der Waals surface area contributed by atoms with Gasteiger partial charge in [0.2, 0.25) is 5.91 Å². The Balaban J connectivity index is 1.97. The van der Waals surface area contributed by atoms with Crippen LogP contribution < -0.4 is 15.6 Å². The maximum Gasteiger partial charge on any atom is 0.262 e. The van der Waals surface area contributed by atoms with Gasteiger partial charge in [0.1, 0.15) is 11.5 Å². The van der Waals surface area contributed by atoms with Gasteiger partial charge in [0, 0.05) is 12.5 Å². The van der Waals surface area contributed by atoms with E-state index < -0.39 is 5.91 Å². The lowest BCUT2D eigenvalue weighted by Crippen LogP contribution is -2.40. The number of methoxy groups -OCH3 is 1. The molecule has 2 rings (SSSR count). The van der Waals surface area contributed by atoms with Crippen LogP contribution in [0.5, 0.6) is 11.5 Å². The maximum absolute atomic E-state index is 12.3. The first kappa shape index (κ1) is 26.0. The Morgan fingerprint density at radius 3 is 1.97 bits per heavy atom. The van der Waals surface area contributed by atoms with Crippen molar-refractivity contribution < 1.29 is 19.4 Å². The minimum Gasteiger partial charge on any atom is -0.507 e. The van der Waals surface area contributed by atoms with E-state index in [1.54, 1.807) is 25.3 Å². The number of aromatic hydroxyl groups is 1. The highest BCUT2D eigenvalue weighted by Gasteiger charge is 2.26. The van der Waals surface area contributed by atoms with Crippen LogP contribution in [0.3, 0.4) is 0 Å². The summed E-state index contributed by atoms with van der Waals surface area (Å²) in [7, 11) is 1.59. The number of hydrogen-bond acceptors (Lipinski definition) is 4. The van der Waals surface area contributed by atoms with Gasteiger partial charge in [0.15, 0.2) is 0 Å². The van der Waals surface area contributed by atoms with E-state index in [2.05, 4.69) is 52.4 Å². The molecule has 0 aliphatic carbocycles. The second-order valence-corrected chi connectivity index (χ2v) is 10.2. The van der Waals surface area contributed by atoms with Crippen LogP contribution in [0.1, 0.15) is 70.2 Å². The number of nitrogens with one attached hydrogen (secondary N) is 2. The molecule has 0 spiro atoms. The van der Waals surface area contributed by atoms with Gasteiger partial charge >= 0.3 is 0 Å². The smallest absolute Gasteiger partial charge is 0.262 e. The number of carbonyl (C=O) groups excluding carboxylic acids is 2. The van der Waals surface area contributed by atoms with E-state index in [-0.39, 0.29) is 23.2 Å². The number of aryl methyl sites for hydroxylation is 1. The molecule has 0 bridgehead atoms. The summed E-state index contributed by atoms with van der Waals surface area (Å²) < 4.78 is 5.10. The number of hydrogen-bond donors (Lipinski definition) is 3. The quantitative estimate of drug-likeness (QED) is 0.434. The van der Waals surface area contributed by atoms with E-state index in [1.807, 2.05) is 24.3 Å². The SMILES string of the molecule is COc1ccc(C=CC(=O)NNC(=O)CCc2cc(C(C)(C)C)c(O)c(C(C)(C)C)c2)cc1. The second kappa shape index (κ2) is 10.6. The normalized spacial score (nSPS) is 12.0. The number of benzene rings is 2. The molecule has 2 aromatic carbocycles. The van der Waals surface area contributed by atoms with Crippen molar-refractivity contribution in [1.82, 2.24) is 10.9 Å². The summed E-state index contributed by atoms with van der Waals surface area (Å²) in [6.07, 6.45) is 3.71. The molecule has 2 aromatic rings. The summed E-state index contributed by atoms with van der Waals surface area (Å²) in [4.78, 5) is 24.3. The predicted molar refractivity (Wildman–Crippen MR) is 132 cm³/mol. The van der Waals surface area contributed by atoms with Crippen molar-refractivity contribution in [1.29, 1.82) is 0 Å². The topological polar surface area (TPSA) is 87.7 Å². The average molecular weight is 453 g/mol. The fourth-order valence-electron chi connectivity index (χ4n) is 3.36. The van der Waals surface area contributed by atoms with E-state index in [0.717, 1.165) is 28.0 Å². The van der Waals surface area contributed by atoms with Crippen LogP contribution in [-0.2, 0) is 26.8 Å². The molecule has 0 aromatic heterocycles. The van der Waals surface area contributed by atoms with Gasteiger partial charge in [-0.15, -0.1) is 0 Å². The summed E-state index contributed by atoms with van der Waals surface area (Å²) in [6, 6.07) is 11.2. The van der Waals surface area contributed by atoms with Crippen LogP contribution in [0.15, 0.2) is 42.5 Å². The van der Waals surface area contributed by atoms with Crippen molar-refractivity contribution >= 4 is 17.9 Å². The maximum atomic E-state index is 12.3. The number of phenolic OH excluding ortho intramolecular Hbond substituents is 1. The molecule has 0 aliphatic heterocycles. The molecule has 0 saturated carbocycles. The fourth-order valence-corrected chi connectivity index (χ4v) is 3.36. The Morgan fingerprint density at radius 2 is 1.48 bits per heavy atom. The lowest BCUT2D eigenvalue weighted by atomic mass is 9.78. The highest BCUT2D eigenvalue weighted by molar-refractivity contribution is 5.93. The number of amides is 2. The third-order valence-electron chi connectivity index (χ3n) is 5.29. The lowest BCUT2D eigenvalue weighted by molar-refractivity contribution is -0.126. The molecule has 0 radical (unpaired) electrons. The zero-order valence-corrected chi connectivity index (χ0v) is 20.7. The summed E-state index contributed by atoms with van der Waals surface area (Å²) in [5.74, 6) is 0.346. The highest BCUT2D eigenvalue weighted by atomic mass is 16.5. The lowest BCUT2D eigenvalue weighted by Gasteiger charge is -2.28. The van der Waals surface area contributed by atoms with E-state index in [9.17, 15) is 14.7 Å². The molecule has 0 unspecified atom stereocenters. The third kappa shape index (κ3) is 7.67. The second-order valence-electron chi connectivity index (χ2n) is 10.2. The number of carbonyl (C=O) groups is 2. The monoisotopic (exact) mass is 452 g/mol. The summed E-state index contributed by atoms with van der Waals surface area (Å²) in [6.45, 7) is 12.3. The van der Waals surface area contributed by atoms with Gasteiger partial charge in [-0.1, -0.05) is 65.8 Å². The van der Waals surface area contributed by atoms with Gasteiger partial charge in [0.05, 0.1) is 7.11 Å². The zero-order chi connectivity index (χ0) is 24.8. The summed E-state index contributed by atoms with van der Waals surface area (Å²) in [5.41, 5.74) is 7.94. The Labute approximate surface area is 197 Å². The van der Waals surface area contributed by atoms with Crippen molar-refractivity contribution in [3.05, 3.63) is 64.7 Å². The molecule has 178 valence electrons. The van der Waals surface area contributed by atoms with Crippen molar-refractivity contribution in [3.8, 4) is 11.5 Å². The van der Waals surface area contributed by atoms with E-state index in [4.69, 9.17) is 4.74 Å². The zero-order valence-electron chi connectivity index (χ0n) is 20.7. The molecular formula is C27H36N2O4. The number of rotatable bonds is 6. The molecule has 3 N–H and O–H groups in total. The first-order chi connectivity index (χ1) is 15.3. The Hall–Kier alpha value is -3.28. The van der Waals surface area contributed by atoms with Crippen LogP contribution in [0.4, 0.5) is 0 Å². The fraction of sp³-hybridized carbons (Fsp3) is 0.407. The molecule has 33 heavy (non-hydrogen) atoms. The van der Waals surface area contributed by atoms with Crippen LogP contribution in [0.25, 0.3) is 6.08 Å². The number of phenols is 1. The van der Waals surface area contributed by atoms with Crippen molar-refractivity contribution in [2.24, 2.45) is 0 Å². The first-order valence-corrected chi connectivity index (χ1v) is 11.1. The van der Waals surface area contributed by atoms with Crippen LogP contribution in [-0.4, -0.2) is 24.0 Å². The minimum absolute atomic E-state index is 0.209. The molecule has 0 fully saturated rings. The van der Waals surface area contributed by atoms with Crippen molar-refractivity contribution in [3.63, 3.8) is 0 Å². The predicted octanol–water partition coefficient (Wildman–Crippen LogP) is 4.79. The molecule has 6 heteroatoms. The standard InChI is InChI=1S/C27H36N2O4/c1-26(2,3)21-16-19(17-22(25(21)32)27(4,5)6)11-15-24(31)29-28-23(30)14-10-18-8-12-20(33-7)13-9-18/h8-10,12-14,16-17,32H,11,15H2,1-7H3,(H,28,30)(H,29,31). The summed E-state index contributed by atoms with van der Waals surface area (Å²) >= 11 is 0. The van der Waals surface area contributed by atoms with Crippen LogP contribution in [0.2, 0.25) is 0 Å². The number of ether oxygens (including phenoxy) is 1. The largest absolute Gasteiger partial charge is 0.507 e. The van der Waals surface area contributed by atoms with E-state index in [0.29, 0.717) is 12.2 Å². The van der Waals surface area contributed by atoms with Crippen LogP contribution >= 0.6 is 0 Å². The molecule has 0 saturated heterocycles. The molecular weight excluding hydrogens is 416 g/mol. The molecule has 0 aliphatic rings. The van der Waals surface area contributed by atoms with Gasteiger partial charge < -0.3 is 9.84 Å². The van der Waals surface area contributed by atoms with Gasteiger partial charge in [-0.05, 0) is 57.7 Å². The highest BCUT2D eigenvalue weighted by Crippen LogP contribution is 2.39. The summed E-state index contributed by atoms with van der Waals surface area (Å²) in [5, 5.41) is 10.8. The van der Waals surface area contributed by atoms with Crippen molar-refractivity contribution in [2.75, 3.05) is 7.11 Å². The average Bonchev–Trinajstić information content (AvgIpc) is 2.74. The van der Waals surface area contributed by atoms with E-state index in [1.165, 1.54) is 6.08 Å². The van der Waals surface area contributed by atoms with Gasteiger partial charge in [-0.3, -0.25) is 20.4 Å². The third-order valence-corrected chi connectivity index (χ3v) is 5.29. The molecule has 6 nitrogen and oxygen atoms in total. The van der Waals surface area contributed by atoms with E-state index >= 15 is 0 Å². The van der Waals surface area contributed by atoms with Crippen LogP contribution in [0, 0.1) is 0 Å².